The summed E-state index contributed by atoms with van der Waals surface area (Å²) in [4.78, 5) is 18.0. The van der Waals surface area contributed by atoms with E-state index in [0.29, 0.717) is 17.8 Å². The van der Waals surface area contributed by atoms with Gasteiger partial charge in [-0.2, -0.15) is 0 Å². The Labute approximate surface area is 106 Å². The molecule has 0 atom stereocenters. The highest BCUT2D eigenvalue weighted by Crippen LogP contribution is 2.18. The predicted molar refractivity (Wildman–Crippen MR) is 72.4 cm³/mol. The molecule has 0 aliphatic rings. The Hall–Kier alpha value is -2.36. The Morgan fingerprint density at radius 1 is 1.28 bits per heavy atom. The lowest BCUT2D eigenvalue weighted by Gasteiger charge is -2.21. The summed E-state index contributed by atoms with van der Waals surface area (Å²) in [5.41, 5.74) is 7.53. The van der Waals surface area contributed by atoms with Gasteiger partial charge in [-0.3, -0.25) is 9.78 Å². The van der Waals surface area contributed by atoms with Crippen LogP contribution in [0.15, 0.2) is 48.8 Å². The van der Waals surface area contributed by atoms with Gasteiger partial charge in [-0.05, 0) is 25.1 Å². The number of benzene rings is 1. The van der Waals surface area contributed by atoms with Crippen molar-refractivity contribution in [3.05, 3.63) is 54.4 Å². The van der Waals surface area contributed by atoms with Crippen molar-refractivity contribution >= 4 is 17.3 Å². The first-order chi connectivity index (χ1) is 8.74. The number of aromatic nitrogens is 1. The summed E-state index contributed by atoms with van der Waals surface area (Å²) in [6.07, 6.45) is 3.06. The molecule has 2 rings (SSSR count). The highest BCUT2D eigenvalue weighted by Gasteiger charge is 2.17. The summed E-state index contributed by atoms with van der Waals surface area (Å²) in [6, 6.07) is 11.2. The standard InChI is InChI=1S/C14H15N3O/c1-2-17(11-6-4-3-5-7-11)14(18)12-8-9-16-10-13(12)15/h3-10H,2,15H2,1H3. The van der Waals surface area contributed by atoms with Crippen molar-refractivity contribution in [3.63, 3.8) is 0 Å². The number of carbonyl (C=O) groups excluding carboxylic acids is 1. The average molecular weight is 241 g/mol. The second kappa shape index (κ2) is 5.31. The monoisotopic (exact) mass is 241 g/mol. The van der Waals surface area contributed by atoms with Crippen molar-refractivity contribution in [2.24, 2.45) is 0 Å². The van der Waals surface area contributed by atoms with Gasteiger partial charge in [0.15, 0.2) is 0 Å². The summed E-state index contributed by atoms with van der Waals surface area (Å²) in [5, 5.41) is 0. The van der Waals surface area contributed by atoms with E-state index in [2.05, 4.69) is 4.98 Å². The van der Waals surface area contributed by atoms with Gasteiger partial charge in [0.2, 0.25) is 0 Å². The summed E-state index contributed by atoms with van der Waals surface area (Å²) in [6.45, 7) is 2.52. The molecule has 92 valence electrons. The molecule has 0 saturated carbocycles. The molecule has 0 fully saturated rings. The lowest BCUT2D eigenvalue weighted by atomic mass is 10.2. The SMILES string of the molecule is CCN(C(=O)c1ccncc1N)c1ccccc1. The number of nitrogen functional groups attached to an aromatic ring is 1. The first-order valence-electron chi connectivity index (χ1n) is 5.80. The normalized spacial score (nSPS) is 10.1. The van der Waals surface area contributed by atoms with E-state index in [9.17, 15) is 4.79 Å². The lowest BCUT2D eigenvalue weighted by Crippen LogP contribution is -2.31. The number of amides is 1. The van der Waals surface area contributed by atoms with Gasteiger partial charge in [0.25, 0.3) is 5.91 Å². The fourth-order valence-corrected chi connectivity index (χ4v) is 1.80. The number of rotatable bonds is 3. The molecule has 1 aromatic heterocycles. The van der Waals surface area contributed by atoms with Gasteiger partial charge < -0.3 is 10.6 Å². The van der Waals surface area contributed by atoms with Crippen molar-refractivity contribution in [3.8, 4) is 0 Å². The van der Waals surface area contributed by atoms with Crippen molar-refractivity contribution in [2.45, 2.75) is 6.92 Å². The molecule has 0 bridgehead atoms. The summed E-state index contributed by atoms with van der Waals surface area (Å²) in [7, 11) is 0. The molecular formula is C14H15N3O. The molecular weight excluding hydrogens is 226 g/mol. The number of hydrogen-bond donors (Lipinski definition) is 1. The number of nitrogens with zero attached hydrogens (tertiary/aromatic N) is 2. The molecule has 1 heterocycles. The number of para-hydroxylation sites is 1. The van der Waals surface area contributed by atoms with Crippen molar-refractivity contribution < 1.29 is 4.79 Å². The van der Waals surface area contributed by atoms with Crippen LogP contribution >= 0.6 is 0 Å². The van der Waals surface area contributed by atoms with E-state index < -0.39 is 0 Å². The third kappa shape index (κ3) is 2.32. The molecule has 2 N–H and O–H groups in total. The smallest absolute Gasteiger partial charge is 0.260 e. The Balaban J connectivity index is 2.35. The molecule has 0 aliphatic heterocycles. The molecule has 0 aliphatic carbocycles. The Morgan fingerprint density at radius 3 is 2.61 bits per heavy atom. The number of carbonyl (C=O) groups is 1. The van der Waals surface area contributed by atoms with E-state index in [0.717, 1.165) is 5.69 Å². The molecule has 1 amide bonds. The van der Waals surface area contributed by atoms with Crippen LogP contribution in [0, 0.1) is 0 Å². The van der Waals surface area contributed by atoms with Gasteiger partial charge in [-0.1, -0.05) is 18.2 Å². The molecule has 2 aromatic rings. The van der Waals surface area contributed by atoms with Crippen LogP contribution in [0.5, 0.6) is 0 Å². The first-order valence-corrected chi connectivity index (χ1v) is 5.80. The molecule has 0 saturated heterocycles. The minimum absolute atomic E-state index is 0.108. The fourth-order valence-electron chi connectivity index (χ4n) is 1.80. The maximum atomic E-state index is 12.4. The lowest BCUT2D eigenvalue weighted by molar-refractivity contribution is 0.0989. The Morgan fingerprint density at radius 2 is 2.00 bits per heavy atom. The third-order valence-corrected chi connectivity index (χ3v) is 2.71. The zero-order valence-corrected chi connectivity index (χ0v) is 10.2. The van der Waals surface area contributed by atoms with Crippen LogP contribution in [0.1, 0.15) is 17.3 Å². The zero-order valence-electron chi connectivity index (χ0n) is 10.2. The van der Waals surface area contributed by atoms with Gasteiger partial charge in [0.1, 0.15) is 0 Å². The van der Waals surface area contributed by atoms with Crippen molar-refractivity contribution in [2.75, 3.05) is 17.2 Å². The zero-order chi connectivity index (χ0) is 13.0. The van der Waals surface area contributed by atoms with Crippen molar-refractivity contribution in [1.29, 1.82) is 0 Å². The molecule has 4 nitrogen and oxygen atoms in total. The van der Waals surface area contributed by atoms with E-state index in [4.69, 9.17) is 5.73 Å². The van der Waals surface area contributed by atoms with E-state index in [-0.39, 0.29) is 5.91 Å². The van der Waals surface area contributed by atoms with E-state index in [1.165, 1.54) is 6.20 Å². The van der Waals surface area contributed by atoms with Crippen LogP contribution in [0.2, 0.25) is 0 Å². The average Bonchev–Trinajstić information content (AvgIpc) is 2.41. The minimum Gasteiger partial charge on any atom is -0.397 e. The van der Waals surface area contributed by atoms with E-state index in [1.54, 1.807) is 17.2 Å². The second-order valence-electron chi connectivity index (χ2n) is 3.85. The minimum atomic E-state index is -0.108. The quantitative estimate of drug-likeness (QED) is 0.897. The summed E-state index contributed by atoms with van der Waals surface area (Å²) >= 11 is 0. The molecule has 18 heavy (non-hydrogen) atoms. The Kier molecular flexibility index (Phi) is 3.57. The number of anilines is 2. The first kappa shape index (κ1) is 12.1. The van der Waals surface area contributed by atoms with Crippen LogP contribution in [0.4, 0.5) is 11.4 Å². The molecule has 0 radical (unpaired) electrons. The fraction of sp³-hybridized carbons (Fsp3) is 0.143. The molecule has 1 aromatic carbocycles. The number of nitrogens with two attached hydrogens (primary N) is 1. The van der Waals surface area contributed by atoms with Gasteiger partial charge in [-0.15, -0.1) is 0 Å². The number of hydrogen-bond acceptors (Lipinski definition) is 3. The van der Waals surface area contributed by atoms with Crippen LogP contribution in [-0.2, 0) is 0 Å². The maximum Gasteiger partial charge on any atom is 0.260 e. The van der Waals surface area contributed by atoms with Crippen LogP contribution < -0.4 is 10.6 Å². The van der Waals surface area contributed by atoms with Crippen LogP contribution in [0.3, 0.4) is 0 Å². The summed E-state index contributed by atoms with van der Waals surface area (Å²) < 4.78 is 0. The third-order valence-electron chi connectivity index (χ3n) is 2.71. The summed E-state index contributed by atoms with van der Waals surface area (Å²) in [5.74, 6) is -0.108. The van der Waals surface area contributed by atoms with Crippen LogP contribution in [-0.4, -0.2) is 17.4 Å². The Bertz CT molecular complexity index is 540. The van der Waals surface area contributed by atoms with E-state index >= 15 is 0 Å². The van der Waals surface area contributed by atoms with Crippen LogP contribution in [0.25, 0.3) is 0 Å². The van der Waals surface area contributed by atoms with Gasteiger partial charge >= 0.3 is 0 Å². The topological polar surface area (TPSA) is 59.2 Å². The van der Waals surface area contributed by atoms with Gasteiger partial charge in [0, 0.05) is 18.4 Å². The maximum absolute atomic E-state index is 12.4. The second-order valence-corrected chi connectivity index (χ2v) is 3.85. The van der Waals surface area contributed by atoms with Gasteiger partial charge in [0.05, 0.1) is 17.4 Å². The highest BCUT2D eigenvalue weighted by atomic mass is 16.2. The van der Waals surface area contributed by atoms with Crippen molar-refractivity contribution in [1.82, 2.24) is 4.98 Å². The molecule has 0 unspecified atom stereocenters. The predicted octanol–water partition coefficient (Wildman–Crippen LogP) is 2.33. The molecule has 0 spiro atoms. The number of pyridine rings is 1. The molecule has 4 heteroatoms. The van der Waals surface area contributed by atoms with Gasteiger partial charge in [-0.25, -0.2) is 0 Å². The largest absolute Gasteiger partial charge is 0.397 e. The highest BCUT2D eigenvalue weighted by molar-refractivity contribution is 6.09. The van der Waals surface area contributed by atoms with E-state index in [1.807, 2.05) is 37.3 Å².